The summed E-state index contributed by atoms with van der Waals surface area (Å²) in [5, 5.41) is 11.8. The van der Waals surface area contributed by atoms with Crippen LogP contribution in [0.4, 0.5) is 10.1 Å². The van der Waals surface area contributed by atoms with Crippen LogP contribution in [0.5, 0.6) is 5.75 Å². The van der Waals surface area contributed by atoms with Gasteiger partial charge in [0.05, 0.1) is 23.2 Å². The van der Waals surface area contributed by atoms with Crippen molar-refractivity contribution in [2.75, 3.05) is 7.11 Å². The van der Waals surface area contributed by atoms with E-state index in [2.05, 4.69) is 4.98 Å². The first-order chi connectivity index (χ1) is 13.6. The number of fused-ring (bicyclic) bond motifs is 1. The van der Waals surface area contributed by atoms with Crippen molar-refractivity contribution in [1.82, 2.24) is 4.98 Å². The third kappa shape index (κ3) is 3.88. The fourth-order valence-electron chi connectivity index (χ4n) is 3.15. The molecule has 0 saturated heterocycles. The molecule has 0 aliphatic rings. The highest BCUT2D eigenvalue weighted by Gasteiger charge is 2.15. The SMILES string of the molecule is COc1ccc(-c2cc(-c3ccccc3)c3cc([N+](=O)[O-])ccc3n2)c(F)c1.Cl. The molecular formula is C22H16ClFN2O3. The van der Waals surface area contributed by atoms with Crippen LogP contribution in [-0.2, 0) is 0 Å². The molecule has 0 bridgehead atoms. The standard InChI is InChI=1S/C22H15FN2O3.ClH/c1-28-16-8-9-17(20(23)12-16)22-13-18(14-5-3-2-4-6-14)19-11-15(25(26)27)7-10-21(19)24-22;/h2-13H,1H3;1H. The molecule has 7 heteroatoms. The zero-order valence-electron chi connectivity index (χ0n) is 15.3. The predicted molar refractivity (Wildman–Crippen MR) is 113 cm³/mol. The molecule has 3 aromatic carbocycles. The van der Waals surface area contributed by atoms with Crippen molar-refractivity contribution in [1.29, 1.82) is 0 Å². The van der Waals surface area contributed by atoms with Gasteiger partial charge in [-0.15, -0.1) is 12.4 Å². The summed E-state index contributed by atoms with van der Waals surface area (Å²) in [6.07, 6.45) is 0. The minimum Gasteiger partial charge on any atom is -0.497 e. The van der Waals surface area contributed by atoms with E-state index in [1.165, 1.54) is 25.3 Å². The second-order valence-corrected chi connectivity index (χ2v) is 6.23. The zero-order valence-corrected chi connectivity index (χ0v) is 16.2. The summed E-state index contributed by atoms with van der Waals surface area (Å²) >= 11 is 0. The smallest absolute Gasteiger partial charge is 0.270 e. The first-order valence-corrected chi connectivity index (χ1v) is 8.55. The third-order valence-corrected chi connectivity index (χ3v) is 4.54. The Morgan fingerprint density at radius 3 is 2.38 bits per heavy atom. The van der Waals surface area contributed by atoms with Crippen LogP contribution >= 0.6 is 12.4 Å². The summed E-state index contributed by atoms with van der Waals surface area (Å²) in [6.45, 7) is 0. The van der Waals surface area contributed by atoms with Crippen molar-refractivity contribution in [2.45, 2.75) is 0 Å². The van der Waals surface area contributed by atoms with E-state index in [9.17, 15) is 14.5 Å². The van der Waals surface area contributed by atoms with Gasteiger partial charge in [-0.3, -0.25) is 10.1 Å². The Hall–Kier alpha value is -3.51. The van der Waals surface area contributed by atoms with E-state index in [0.717, 1.165) is 11.1 Å². The van der Waals surface area contributed by atoms with Gasteiger partial charge in [-0.05, 0) is 35.4 Å². The average molecular weight is 411 g/mol. The van der Waals surface area contributed by atoms with Crippen LogP contribution in [0.1, 0.15) is 0 Å². The molecule has 0 fully saturated rings. The quantitative estimate of drug-likeness (QED) is 0.303. The van der Waals surface area contributed by atoms with E-state index in [4.69, 9.17) is 4.74 Å². The predicted octanol–water partition coefficient (Wildman–Crippen LogP) is 6.05. The van der Waals surface area contributed by atoms with Gasteiger partial charge in [0.1, 0.15) is 11.6 Å². The molecule has 4 aromatic rings. The second kappa shape index (κ2) is 8.24. The minimum atomic E-state index is -0.452. The number of halogens is 2. The van der Waals surface area contributed by atoms with E-state index < -0.39 is 10.7 Å². The number of methoxy groups -OCH3 is 1. The van der Waals surface area contributed by atoms with Crippen LogP contribution in [0.15, 0.2) is 72.8 Å². The Morgan fingerprint density at radius 2 is 1.72 bits per heavy atom. The van der Waals surface area contributed by atoms with Crippen LogP contribution in [0.2, 0.25) is 0 Å². The third-order valence-electron chi connectivity index (χ3n) is 4.54. The molecule has 0 amide bonds. The molecule has 0 atom stereocenters. The molecule has 4 rings (SSSR count). The number of non-ortho nitro benzene ring substituents is 1. The van der Waals surface area contributed by atoms with Crippen LogP contribution < -0.4 is 4.74 Å². The van der Waals surface area contributed by atoms with Crippen LogP contribution in [0.25, 0.3) is 33.3 Å². The fraction of sp³-hybridized carbons (Fsp3) is 0.0455. The molecule has 5 nitrogen and oxygen atoms in total. The topological polar surface area (TPSA) is 65.3 Å². The molecule has 0 aliphatic carbocycles. The summed E-state index contributed by atoms with van der Waals surface area (Å²) < 4.78 is 19.7. The lowest BCUT2D eigenvalue weighted by molar-refractivity contribution is -0.384. The molecule has 29 heavy (non-hydrogen) atoms. The monoisotopic (exact) mass is 410 g/mol. The number of nitro groups is 1. The first-order valence-electron chi connectivity index (χ1n) is 8.55. The first kappa shape index (κ1) is 20.2. The van der Waals surface area contributed by atoms with Crippen LogP contribution in [0.3, 0.4) is 0 Å². The van der Waals surface area contributed by atoms with Crippen molar-refractivity contribution >= 4 is 29.0 Å². The van der Waals surface area contributed by atoms with Gasteiger partial charge in [0, 0.05) is 29.1 Å². The Kier molecular flexibility index (Phi) is 5.75. The molecular weight excluding hydrogens is 395 g/mol. The Morgan fingerprint density at radius 1 is 0.966 bits per heavy atom. The second-order valence-electron chi connectivity index (χ2n) is 6.23. The highest BCUT2D eigenvalue weighted by molar-refractivity contribution is 5.97. The molecule has 0 aliphatic heterocycles. The summed E-state index contributed by atoms with van der Waals surface area (Å²) in [5.41, 5.74) is 2.93. The molecule has 0 N–H and O–H groups in total. The molecule has 146 valence electrons. The summed E-state index contributed by atoms with van der Waals surface area (Å²) in [5.74, 6) is -0.0342. The lowest BCUT2D eigenvalue weighted by Gasteiger charge is -2.11. The molecule has 1 heterocycles. The van der Waals surface area contributed by atoms with E-state index in [1.54, 1.807) is 24.3 Å². The highest BCUT2D eigenvalue weighted by Crippen LogP contribution is 2.35. The normalized spacial score (nSPS) is 10.4. The maximum absolute atomic E-state index is 14.6. The van der Waals surface area contributed by atoms with Gasteiger partial charge in [-0.1, -0.05) is 30.3 Å². The van der Waals surface area contributed by atoms with Crippen molar-refractivity contribution in [2.24, 2.45) is 0 Å². The summed E-state index contributed by atoms with van der Waals surface area (Å²) in [4.78, 5) is 15.3. The average Bonchev–Trinajstić information content (AvgIpc) is 2.73. The number of ether oxygens (including phenoxy) is 1. The maximum Gasteiger partial charge on any atom is 0.270 e. The molecule has 1 aromatic heterocycles. The van der Waals surface area contributed by atoms with Crippen molar-refractivity contribution in [3.8, 4) is 28.1 Å². The van der Waals surface area contributed by atoms with E-state index in [-0.39, 0.29) is 18.1 Å². The van der Waals surface area contributed by atoms with E-state index in [0.29, 0.717) is 27.9 Å². The number of nitrogens with zero attached hydrogens (tertiary/aromatic N) is 2. The molecule has 0 unspecified atom stereocenters. The van der Waals surface area contributed by atoms with Gasteiger partial charge in [0.15, 0.2) is 0 Å². The van der Waals surface area contributed by atoms with Crippen LogP contribution in [0, 0.1) is 15.9 Å². The van der Waals surface area contributed by atoms with E-state index >= 15 is 0 Å². The van der Waals surface area contributed by atoms with E-state index in [1.807, 2.05) is 30.3 Å². The van der Waals surface area contributed by atoms with Gasteiger partial charge in [0.25, 0.3) is 5.69 Å². The van der Waals surface area contributed by atoms with Gasteiger partial charge in [-0.25, -0.2) is 9.37 Å². The summed E-state index contributed by atoms with van der Waals surface area (Å²) in [7, 11) is 1.48. The molecule has 0 spiro atoms. The van der Waals surface area contributed by atoms with Gasteiger partial charge in [-0.2, -0.15) is 0 Å². The van der Waals surface area contributed by atoms with Gasteiger partial charge < -0.3 is 4.74 Å². The number of hydrogen-bond donors (Lipinski definition) is 0. The molecule has 0 radical (unpaired) electrons. The number of benzene rings is 3. The zero-order chi connectivity index (χ0) is 19.7. The Labute approximate surface area is 172 Å². The lowest BCUT2D eigenvalue weighted by atomic mass is 9.98. The molecule has 0 saturated carbocycles. The van der Waals surface area contributed by atoms with Crippen LogP contribution in [-0.4, -0.2) is 17.0 Å². The lowest BCUT2D eigenvalue weighted by Crippen LogP contribution is -1.94. The van der Waals surface area contributed by atoms with Crippen molar-refractivity contribution in [3.05, 3.63) is 88.7 Å². The highest BCUT2D eigenvalue weighted by atomic mass is 35.5. The maximum atomic E-state index is 14.6. The Bertz CT molecular complexity index is 1200. The largest absolute Gasteiger partial charge is 0.497 e. The summed E-state index contributed by atoms with van der Waals surface area (Å²) in [6, 6.07) is 20.3. The minimum absolute atomic E-state index is 0. The van der Waals surface area contributed by atoms with Gasteiger partial charge in [0.2, 0.25) is 0 Å². The van der Waals surface area contributed by atoms with Gasteiger partial charge >= 0.3 is 0 Å². The number of pyridine rings is 1. The number of aromatic nitrogens is 1. The Balaban J connectivity index is 0.00000240. The number of nitro benzene ring substituents is 1. The van der Waals surface area contributed by atoms with Crippen molar-refractivity contribution in [3.63, 3.8) is 0 Å². The number of rotatable bonds is 4. The van der Waals surface area contributed by atoms with Crippen molar-refractivity contribution < 1.29 is 14.1 Å². The fourth-order valence-corrected chi connectivity index (χ4v) is 3.15. The number of hydrogen-bond acceptors (Lipinski definition) is 4.